The molecule has 17 heavy (non-hydrogen) atoms. The highest BCUT2D eigenvalue weighted by Gasteiger charge is 2.04. The zero-order chi connectivity index (χ0) is 11.7. The third kappa shape index (κ3) is 1.78. The highest BCUT2D eigenvalue weighted by molar-refractivity contribution is 5.95. The number of benzene rings is 2. The Kier molecular flexibility index (Phi) is 2.33. The highest BCUT2D eigenvalue weighted by atomic mass is 19.1. The average molecular weight is 223 g/mol. The van der Waals surface area contributed by atoms with E-state index in [0.29, 0.717) is 0 Å². The van der Waals surface area contributed by atoms with E-state index in [1.165, 1.54) is 6.07 Å². The molecule has 0 aliphatic carbocycles. The van der Waals surface area contributed by atoms with Crippen LogP contribution in [0, 0.1) is 5.82 Å². The van der Waals surface area contributed by atoms with Crippen molar-refractivity contribution in [3.05, 3.63) is 66.7 Å². The van der Waals surface area contributed by atoms with Gasteiger partial charge in [-0.05, 0) is 29.1 Å². The second-order valence-electron chi connectivity index (χ2n) is 3.92. The lowest BCUT2D eigenvalue weighted by molar-refractivity contribution is 0.630. The van der Waals surface area contributed by atoms with Gasteiger partial charge in [-0.25, -0.2) is 4.39 Å². The lowest BCUT2D eigenvalue weighted by Crippen LogP contribution is -1.84. The van der Waals surface area contributed by atoms with Crippen molar-refractivity contribution in [3.63, 3.8) is 0 Å². The van der Waals surface area contributed by atoms with Gasteiger partial charge in [-0.3, -0.25) is 4.98 Å². The highest BCUT2D eigenvalue weighted by Crippen LogP contribution is 2.27. The molecule has 0 radical (unpaired) electrons. The number of rotatable bonds is 1. The first kappa shape index (κ1) is 9.97. The van der Waals surface area contributed by atoms with Crippen molar-refractivity contribution in [3.8, 4) is 11.1 Å². The molecule has 0 saturated heterocycles. The van der Waals surface area contributed by atoms with Crippen LogP contribution in [0.5, 0.6) is 0 Å². The third-order valence-electron chi connectivity index (χ3n) is 2.81. The van der Waals surface area contributed by atoms with Crippen LogP contribution in [-0.4, -0.2) is 4.98 Å². The first-order chi connectivity index (χ1) is 8.34. The molecule has 1 nitrogen and oxygen atoms in total. The molecule has 3 aromatic rings. The molecule has 3 rings (SSSR count). The van der Waals surface area contributed by atoms with Gasteiger partial charge < -0.3 is 0 Å². The van der Waals surface area contributed by atoms with Crippen molar-refractivity contribution < 1.29 is 4.39 Å². The summed E-state index contributed by atoms with van der Waals surface area (Å²) >= 11 is 0. The Bertz CT molecular complexity index is 662. The van der Waals surface area contributed by atoms with Gasteiger partial charge in [0, 0.05) is 23.3 Å². The fourth-order valence-electron chi connectivity index (χ4n) is 1.98. The summed E-state index contributed by atoms with van der Waals surface area (Å²) in [5, 5.41) is 1.85. The first-order valence-electron chi connectivity index (χ1n) is 5.43. The quantitative estimate of drug-likeness (QED) is 0.606. The van der Waals surface area contributed by atoms with Gasteiger partial charge in [-0.2, -0.15) is 0 Å². The SMILES string of the molecule is Fc1ccc2cncc(-c3ccccc3)c2c1. The molecular weight excluding hydrogens is 213 g/mol. The van der Waals surface area contributed by atoms with Crippen molar-refractivity contribution >= 4 is 10.8 Å². The number of nitrogens with zero attached hydrogens (tertiary/aromatic N) is 1. The molecular formula is C15H10FN. The molecule has 0 spiro atoms. The third-order valence-corrected chi connectivity index (χ3v) is 2.81. The molecule has 1 heterocycles. The normalized spacial score (nSPS) is 10.6. The summed E-state index contributed by atoms with van der Waals surface area (Å²) in [6, 6.07) is 14.7. The Labute approximate surface area is 98.6 Å². The summed E-state index contributed by atoms with van der Waals surface area (Å²) in [7, 11) is 0. The van der Waals surface area contributed by atoms with Crippen molar-refractivity contribution in [2.75, 3.05) is 0 Å². The summed E-state index contributed by atoms with van der Waals surface area (Å²) < 4.78 is 13.3. The lowest BCUT2D eigenvalue weighted by atomic mass is 10.0. The predicted octanol–water partition coefficient (Wildman–Crippen LogP) is 4.04. The van der Waals surface area contributed by atoms with E-state index in [0.717, 1.165) is 21.9 Å². The lowest BCUT2D eigenvalue weighted by Gasteiger charge is -2.06. The summed E-state index contributed by atoms with van der Waals surface area (Å²) in [5.74, 6) is -0.221. The van der Waals surface area contributed by atoms with Gasteiger partial charge in [0.05, 0.1) is 0 Å². The van der Waals surface area contributed by atoms with E-state index < -0.39 is 0 Å². The Morgan fingerprint density at radius 1 is 0.882 bits per heavy atom. The summed E-state index contributed by atoms with van der Waals surface area (Å²) in [4.78, 5) is 4.20. The minimum Gasteiger partial charge on any atom is -0.263 e. The number of pyridine rings is 1. The van der Waals surface area contributed by atoms with E-state index in [4.69, 9.17) is 0 Å². The molecule has 0 unspecified atom stereocenters. The van der Waals surface area contributed by atoms with Crippen molar-refractivity contribution in [2.24, 2.45) is 0 Å². The molecule has 0 saturated carbocycles. The molecule has 0 bridgehead atoms. The Morgan fingerprint density at radius 2 is 1.71 bits per heavy atom. The molecule has 0 N–H and O–H groups in total. The maximum Gasteiger partial charge on any atom is 0.123 e. The molecule has 0 aliphatic rings. The van der Waals surface area contributed by atoms with Crippen LogP contribution in [0.15, 0.2) is 60.9 Å². The van der Waals surface area contributed by atoms with Gasteiger partial charge in [0.25, 0.3) is 0 Å². The minimum atomic E-state index is -0.221. The number of aromatic nitrogens is 1. The largest absolute Gasteiger partial charge is 0.263 e. The van der Waals surface area contributed by atoms with Crippen LogP contribution in [0.1, 0.15) is 0 Å². The maximum atomic E-state index is 13.3. The number of halogens is 1. The maximum absolute atomic E-state index is 13.3. The van der Waals surface area contributed by atoms with Gasteiger partial charge in [0.1, 0.15) is 5.82 Å². The summed E-state index contributed by atoms with van der Waals surface area (Å²) in [6.07, 6.45) is 3.53. The predicted molar refractivity (Wildman–Crippen MR) is 67.1 cm³/mol. The van der Waals surface area contributed by atoms with Crippen LogP contribution in [0.2, 0.25) is 0 Å². The second kappa shape index (κ2) is 3.98. The second-order valence-corrected chi connectivity index (χ2v) is 3.92. The van der Waals surface area contributed by atoms with Gasteiger partial charge in [0.2, 0.25) is 0 Å². The van der Waals surface area contributed by atoms with E-state index in [1.54, 1.807) is 24.5 Å². The van der Waals surface area contributed by atoms with Crippen molar-refractivity contribution in [1.29, 1.82) is 0 Å². The molecule has 2 heteroatoms. The number of hydrogen-bond donors (Lipinski definition) is 0. The van der Waals surface area contributed by atoms with Crippen LogP contribution in [0.4, 0.5) is 4.39 Å². The van der Waals surface area contributed by atoms with Crippen molar-refractivity contribution in [2.45, 2.75) is 0 Å². The van der Waals surface area contributed by atoms with Crippen LogP contribution in [0.3, 0.4) is 0 Å². The topological polar surface area (TPSA) is 12.9 Å². The van der Waals surface area contributed by atoms with E-state index in [-0.39, 0.29) is 5.82 Å². The molecule has 0 atom stereocenters. The summed E-state index contributed by atoms with van der Waals surface area (Å²) in [6.45, 7) is 0. The molecule has 2 aromatic carbocycles. The van der Waals surface area contributed by atoms with Crippen LogP contribution in [0.25, 0.3) is 21.9 Å². The molecule has 1 aromatic heterocycles. The number of hydrogen-bond acceptors (Lipinski definition) is 1. The minimum absolute atomic E-state index is 0.221. The average Bonchev–Trinajstić information content (AvgIpc) is 2.39. The Balaban J connectivity index is 2.33. The standard InChI is InChI=1S/C15H10FN/c16-13-7-6-12-9-17-10-15(14(12)8-13)11-4-2-1-3-5-11/h1-10H. The fourth-order valence-corrected chi connectivity index (χ4v) is 1.98. The molecule has 0 aliphatic heterocycles. The smallest absolute Gasteiger partial charge is 0.123 e. The number of fused-ring (bicyclic) bond motifs is 1. The zero-order valence-electron chi connectivity index (χ0n) is 9.10. The van der Waals surface area contributed by atoms with Crippen LogP contribution >= 0.6 is 0 Å². The molecule has 0 fully saturated rings. The summed E-state index contributed by atoms with van der Waals surface area (Å²) in [5.41, 5.74) is 2.01. The van der Waals surface area contributed by atoms with Gasteiger partial charge >= 0.3 is 0 Å². The monoisotopic (exact) mass is 223 g/mol. The van der Waals surface area contributed by atoms with Crippen LogP contribution in [-0.2, 0) is 0 Å². The van der Waals surface area contributed by atoms with E-state index >= 15 is 0 Å². The Hall–Kier alpha value is -2.22. The van der Waals surface area contributed by atoms with Crippen LogP contribution < -0.4 is 0 Å². The zero-order valence-corrected chi connectivity index (χ0v) is 9.10. The van der Waals surface area contributed by atoms with Crippen molar-refractivity contribution in [1.82, 2.24) is 4.98 Å². The van der Waals surface area contributed by atoms with E-state index in [2.05, 4.69) is 4.98 Å². The van der Waals surface area contributed by atoms with Gasteiger partial charge in [0.15, 0.2) is 0 Å². The molecule has 82 valence electrons. The fraction of sp³-hybridized carbons (Fsp3) is 0. The molecule has 0 amide bonds. The van der Waals surface area contributed by atoms with E-state index in [1.807, 2.05) is 30.3 Å². The van der Waals surface area contributed by atoms with Gasteiger partial charge in [-0.15, -0.1) is 0 Å². The van der Waals surface area contributed by atoms with Gasteiger partial charge in [-0.1, -0.05) is 30.3 Å². The first-order valence-corrected chi connectivity index (χ1v) is 5.43. The Morgan fingerprint density at radius 3 is 2.53 bits per heavy atom. The van der Waals surface area contributed by atoms with E-state index in [9.17, 15) is 4.39 Å².